The Morgan fingerprint density at radius 3 is 2.69 bits per heavy atom. The van der Waals surface area contributed by atoms with Crippen molar-refractivity contribution in [1.82, 2.24) is 0 Å². The van der Waals surface area contributed by atoms with E-state index in [1.807, 2.05) is 32.0 Å². The van der Waals surface area contributed by atoms with Gasteiger partial charge in [-0.05, 0) is 37.1 Å². The predicted molar refractivity (Wildman–Crippen MR) is 61.6 cm³/mol. The number of hydrogen-bond donors (Lipinski definition) is 2. The largest absolute Gasteiger partial charge is 0.492 e. The van der Waals surface area contributed by atoms with Gasteiger partial charge in [0.1, 0.15) is 12.4 Å². The molecule has 0 saturated carbocycles. The Balaban J connectivity index is 2.48. The summed E-state index contributed by atoms with van der Waals surface area (Å²) < 4.78 is 5.42. The fraction of sp³-hybridized carbons (Fsp3) is 0.417. The first-order valence-corrected chi connectivity index (χ1v) is 5.16. The van der Waals surface area contributed by atoms with E-state index >= 15 is 0 Å². The Bertz CT molecular complexity index is 377. The molecular formula is C12H17NO3. The van der Waals surface area contributed by atoms with E-state index in [0.717, 1.165) is 11.3 Å². The molecule has 0 aliphatic heterocycles. The summed E-state index contributed by atoms with van der Waals surface area (Å²) in [5.41, 5.74) is 7.92. The number of rotatable bonds is 5. The highest BCUT2D eigenvalue weighted by atomic mass is 16.5. The van der Waals surface area contributed by atoms with E-state index < -0.39 is 12.0 Å². The average Bonchev–Trinajstić information content (AvgIpc) is 2.19. The second-order valence-electron chi connectivity index (χ2n) is 3.92. The zero-order chi connectivity index (χ0) is 12.1. The monoisotopic (exact) mass is 223 g/mol. The molecule has 1 aromatic rings. The van der Waals surface area contributed by atoms with Gasteiger partial charge in [0.15, 0.2) is 0 Å². The van der Waals surface area contributed by atoms with Crippen LogP contribution < -0.4 is 10.5 Å². The van der Waals surface area contributed by atoms with Gasteiger partial charge < -0.3 is 15.6 Å². The first kappa shape index (κ1) is 12.5. The number of benzene rings is 1. The van der Waals surface area contributed by atoms with Crippen LogP contribution in [0.4, 0.5) is 0 Å². The maximum Gasteiger partial charge on any atom is 0.305 e. The van der Waals surface area contributed by atoms with Crippen LogP contribution in [-0.2, 0) is 4.79 Å². The minimum atomic E-state index is -0.906. The van der Waals surface area contributed by atoms with E-state index in [0.29, 0.717) is 0 Å². The van der Waals surface area contributed by atoms with Gasteiger partial charge in [0.2, 0.25) is 0 Å². The molecule has 16 heavy (non-hydrogen) atoms. The van der Waals surface area contributed by atoms with Gasteiger partial charge in [0.05, 0.1) is 6.42 Å². The van der Waals surface area contributed by atoms with E-state index in [2.05, 4.69) is 0 Å². The molecule has 0 aliphatic rings. The van der Waals surface area contributed by atoms with Gasteiger partial charge in [-0.2, -0.15) is 0 Å². The summed E-state index contributed by atoms with van der Waals surface area (Å²) >= 11 is 0. The Morgan fingerprint density at radius 1 is 1.44 bits per heavy atom. The quantitative estimate of drug-likeness (QED) is 0.793. The molecule has 1 rings (SSSR count). The third-order valence-corrected chi connectivity index (χ3v) is 2.38. The van der Waals surface area contributed by atoms with Crippen molar-refractivity contribution in [3.05, 3.63) is 29.3 Å². The molecule has 0 radical (unpaired) electrons. The Hall–Kier alpha value is -1.55. The topological polar surface area (TPSA) is 72.5 Å². The van der Waals surface area contributed by atoms with Crippen LogP contribution in [-0.4, -0.2) is 23.7 Å². The van der Waals surface area contributed by atoms with E-state index in [1.165, 1.54) is 5.56 Å². The fourth-order valence-corrected chi connectivity index (χ4v) is 1.29. The Morgan fingerprint density at radius 2 is 2.12 bits per heavy atom. The molecule has 1 atom stereocenters. The van der Waals surface area contributed by atoms with Gasteiger partial charge in [-0.25, -0.2) is 0 Å². The Kier molecular flexibility index (Phi) is 4.31. The number of carboxylic acid groups (broad SMARTS) is 1. The lowest BCUT2D eigenvalue weighted by Crippen LogP contribution is -2.30. The normalized spacial score (nSPS) is 12.2. The number of ether oxygens (including phenoxy) is 1. The van der Waals surface area contributed by atoms with Gasteiger partial charge >= 0.3 is 5.97 Å². The number of hydrogen-bond acceptors (Lipinski definition) is 3. The highest BCUT2D eigenvalue weighted by Gasteiger charge is 2.08. The molecule has 0 spiro atoms. The molecule has 0 saturated heterocycles. The van der Waals surface area contributed by atoms with Crippen LogP contribution in [0.1, 0.15) is 17.5 Å². The minimum absolute atomic E-state index is 0.0785. The van der Waals surface area contributed by atoms with Crippen LogP contribution in [0.15, 0.2) is 18.2 Å². The lowest BCUT2D eigenvalue weighted by atomic mass is 10.1. The third-order valence-electron chi connectivity index (χ3n) is 2.38. The average molecular weight is 223 g/mol. The molecule has 0 bridgehead atoms. The van der Waals surface area contributed by atoms with Crippen molar-refractivity contribution >= 4 is 5.97 Å². The van der Waals surface area contributed by atoms with Crippen molar-refractivity contribution in [3.8, 4) is 5.75 Å². The molecule has 4 nitrogen and oxygen atoms in total. The zero-order valence-corrected chi connectivity index (χ0v) is 9.56. The zero-order valence-electron chi connectivity index (χ0n) is 9.56. The molecule has 4 heteroatoms. The number of aliphatic carboxylic acids is 1. The van der Waals surface area contributed by atoms with Crippen molar-refractivity contribution in [2.75, 3.05) is 6.61 Å². The number of carbonyl (C=O) groups is 1. The van der Waals surface area contributed by atoms with Crippen molar-refractivity contribution in [2.24, 2.45) is 5.73 Å². The first-order chi connectivity index (χ1) is 7.49. The summed E-state index contributed by atoms with van der Waals surface area (Å²) in [6.45, 7) is 4.24. The van der Waals surface area contributed by atoms with Crippen LogP contribution in [0.2, 0.25) is 0 Å². The summed E-state index contributed by atoms with van der Waals surface area (Å²) in [7, 11) is 0. The lowest BCUT2D eigenvalue weighted by molar-refractivity contribution is -0.137. The molecule has 3 N–H and O–H groups in total. The number of aryl methyl sites for hydroxylation is 2. The smallest absolute Gasteiger partial charge is 0.305 e. The van der Waals surface area contributed by atoms with Crippen LogP contribution >= 0.6 is 0 Å². The summed E-state index contributed by atoms with van der Waals surface area (Å²) in [5.74, 6) is -0.180. The SMILES string of the molecule is Cc1ccc(OCC(N)CC(=O)O)cc1C. The molecule has 0 aromatic heterocycles. The molecule has 1 unspecified atom stereocenters. The second kappa shape index (κ2) is 5.51. The second-order valence-corrected chi connectivity index (χ2v) is 3.92. The third kappa shape index (κ3) is 3.90. The van der Waals surface area contributed by atoms with E-state index in [4.69, 9.17) is 15.6 Å². The summed E-state index contributed by atoms with van der Waals surface area (Å²) in [6, 6.07) is 5.27. The maximum absolute atomic E-state index is 10.4. The van der Waals surface area contributed by atoms with Crippen molar-refractivity contribution in [2.45, 2.75) is 26.3 Å². The molecule has 1 aromatic carbocycles. The lowest BCUT2D eigenvalue weighted by Gasteiger charge is -2.12. The van der Waals surface area contributed by atoms with E-state index in [-0.39, 0.29) is 13.0 Å². The van der Waals surface area contributed by atoms with Gasteiger partial charge in [-0.15, -0.1) is 0 Å². The standard InChI is InChI=1S/C12H17NO3/c1-8-3-4-11(5-9(8)2)16-7-10(13)6-12(14)15/h3-5,10H,6-7,13H2,1-2H3,(H,14,15). The summed E-state index contributed by atoms with van der Waals surface area (Å²) in [4.78, 5) is 10.4. The van der Waals surface area contributed by atoms with Crippen LogP contribution in [0, 0.1) is 13.8 Å². The summed E-state index contributed by atoms with van der Waals surface area (Å²) in [6.07, 6.45) is -0.0785. The first-order valence-electron chi connectivity index (χ1n) is 5.16. The highest BCUT2D eigenvalue weighted by Crippen LogP contribution is 2.16. The van der Waals surface area contributed by atoms with Crippen LogP contribution in [0.25, 0.3) is 0 Å². The van der Waals surface area contributed by atoms with E-state index in [9.17, 15) is 4.79 Å². The number of nitrogens with two attached hydrogens (primary N) is 1. The number of carboxylic acids is 1. The van der Waals surface area contributed by atoms with Gasteiger partial charge in [0.25, 0.3) is 0 Å². The molecule has 0 fully saturated rings. The molecule has 0 aliphatic carbocycles. The van der Waals surface area contributed by atoms with Gasteiger partial charge in [-0.3, -0.25) is 4.79 Å². The van der Waals surface area contributed by atoms with Crippen molar-refractivity contribution in [1.29, 1.82) is 0 Å². The molecular weight excluding hydrogens is 206 g/mol. The van der Waals surface area contributed by atoms with Gasteiger partial charge in [-0.1, -0.05) is 6.07 Å². The predicted octanol–water partition coefficient (Wildman–Crippen LogP) is 1.48. The molecule has 0 heterocycles. The van der Waals surface area contributed by atoms with Crippen molar-refractivity contribution < 1.29 is 14.6 Å². The van der Waals surface area contributed by atoms with E-state index in [1.54, 1.807) is 0 Å². The van der Waals surface area contributed by atoms with Crippen molar-refractivity contribution in [3.63, 3.8) is 0 Å². The van der Waals surface area contributed by atoms with Crippen LogP contribution in [0.5, 0.6) is 5.75 Å². The van der Waals surface area contributed by atoms with Gasteiger partial charge in [0, 0.05) is 6.04 Å². The fourth-order valence-electron chi connectivity index (χ4n) is 1.29. The summed E-state index contributed by atoms with van der Waals surface area (Å²) in [5, 5.41) is 8.53. The minimum Gasteiger partial charge on any atom is -0.492 e. The molecule has 0 amide bonds. The Labute approximate surface area is 95.0 Å². The maximum atomic E-state index is 10.4. The van der Waals surface area contributed by atoms with Crippen LogP contribution in [0.3, 0.4) is 0 Å². The highest BCUT2D eigenvalue weighted by molar-refractivity contribution is 5.67. The molecule has 88 valence electrons.